The normalized spacial score (nSPS) is 12.5. The van der Waals surface area contributed by atoms with Crippen molar-refractivity contribution in [3.63, 3.8) is 0 Å². The van der Waals surface area contributed by atoms with Crippen LogP contribution in [0.2, 0.25) is 0 Å². The second-order valence-corrected chi connectivity index (χ2v) is 5.26. The number of hydrogen-bond donors (Lipinski definition) is 1. The molecular formula is C13H17BrO3. The first-order valence-electron chi connectivity index (χ1n) is 5.60. The molecule has 0 bridgehead atoms. The molecule has 0 aliphatic rings. The van der Waals surface area contributed by atoms with Crippen molar-refractivity contribution in [2.45, 2.75) is 20.3 Å². The smallest absolute Gasteiger partial charge is 0.309 e. The predicted octanol–water partition coefficient (Wildman–Crippen LogP) is 3.57. The minimum absolute atomic E-state index is 0.204. The van der Waals surface area contributed by atoms with Crippen LogP contribution in [0.3, 0.4) is 0 Å². The summed E-state index contributed by atoms with van der Waals surface area (Å²) in [5.41, 5.74) is 0. The number of carboxylic acids is 1. The molecule has 1 rings (SSSR count). The number of benzene rings is 1. The number of carboxylic acid groups (broad SMARTS) is 1. The van der Waals surface area contributed by atoms with Crippen molar-refractivity contribution in [2.24, 2.45) is 11.8 Å². The standard InChI is InChI=1S/C13H17BrO3/c1-9(2)7-10(13(15)16)8-17-12-6-4-3-5-11(12)14/h3-6,9-10H,7-8H2,1-2H3,(H,15,16). The lowest BCUT2D eigenvalue weighted by Gasteiger charge is -2.16. The van der Waals surface area contributed by atoms with Crippen molar-refractivity contribution in [1.29, 1.82) is 0 Å². The lowest BCUT2D eigenvalue weighted by Crippen LogP contribution is -2.23. The number of halogens is 1. The highest BCUT2D eigenvalue weighted by atomic mass is 79.9. The number of aliphatic carboxylic acids is 1. The first-order chi connectivity index (χ1) is 8.00. The van der Waals surface area contributed by atoms with E-state index in [0.29, 0.717) is 18.1 Å². The fraction of sp³-hybridized carbons (Fsp3) is 0.462. The van der Waals surface area contributed by atoms with Gasteiger partial charge in [-0.15, -0.1) is 0 Å². The summed E-state index contributed by atoms with van der Waals surface area (Å²) in [6, 6.07) is 7.43. The van der Waals surface area contributed by atoms with Crippen LogP contribution < -0.4 is 4.74 Å². The van der Waals surface area contributed by atoms with Gasteiger partial charge in [-0.05, 0) is 40.4 Å². The van der Waals surface area contributed by atoms with Gasteiger partial charge in [0.15, 0.2) is 0 Å². The van der Waals surface area contributed by atoms with Crippen LogP contribution >= 0.6 is 15.9 Å². The van der Waals surface area contributed by atoms with Gasteiger partial charge in [0.05, 0.1) is 10.4 Å². The molecule has 0 heterocycles. The van der Waals surface area contributed by atoms with Gasteiger partial charge in [-0.1, -0.05) is 26.0 Å². The third-order valence-corrected chi connectivity index (χ3v) is 3.04. The fourth-order valence-electron chi connectivity index (χ4n) is 1.56. The maximum Gasteiger partial charge on any atom is 0.309 e. The first-order valence-corrected chi connectivity index (χ1v) is 6.40. The molecular weight excluding hydrogens is 284 g/mol. The zero-order valence-corrected chi connectivity index (χ0v) is 11.6. The third-order valence-electron chi connectivity index (χ3n) is 2.38. The van der Waals surface area contributed by atoms with Gasteiger partial charge in [-0.25, -0.2) is 0 Å². The molecule has 1 N–H and O–H groups in total. The second kappa shape index (κ2) is 6.64. The van der Waals surface area contributed by atoms with Gasteiger partial charge >= 0.3 is 5.97 Å². The van der Waals surface area contributed by atoms with E-state index in [-0.39, 0.29) is 6.61 Å². The van der Waals surface area contributed by atoms with Crippen LogP contribution in [-0.2, 0) is 4.79 Å². The quantitative estimate of drug-likeness (QED) is 0.873. The summed E-state index contributed by atoms with van der Waals surface area (Å²) >= 11 is 3.36. The van der Waals surface area contributed by atoms with E-state index in [4.69, 9.17) is 9.84 Å². The molecule has 0 aromatic heterocycles. The first kappa shape index (κ1) is 14.0. The summed E-state index contributed by atoms with van der Waals surface area (Å²) in [4.78, 5) is 11.0. The monoisotopic (exact) mass is 300 g/mol. The van der Waals surface area contributed by atoms with Gasteiger partial charge in [0, 0.05) is 0 Å². The number of carbonyl (C=O) groups is 1. The molecule has 0 saturated heterocycles. The summed E-state index contributed by atoms with van der Waals surface area (Å²) in [5, 5.41) is 9.08. The van der Waals surface area contributed by atoms with Crippen molar-refractivity contribution in [3.05, 3.63) is 28.7 Å². The predicted molar refractivity (Wildman–Crippen MR) is 70.2 cm³/mol. The van der Waals surface area contributed by atoms with Crippen LogP contribution in [-0.4, -0.2) is 17.7 Å². The zero-order valence-electron chi connectivity index (χ0n) is 10.0. The molecule has 17 heavy (non-hydrogen) atoms. The van der Waals surface area contributed by atoms with Crippen molar-refractivity contribution >= 4 is 21.9 Å². The van der Waals surface area contributed by atoms with Crippen LogP contribution in [0.25, 0.3) is 0 Å². The van der Waals surface area contributed by atoms with Gasteiger partial charge in [-0.2, -0.15) is 0 Å². The van der Waals surface area contributed by atoms with Crippen molar-refractivity contribution in [2.75, 3.05) is 6.61 Å². The maximum absolute atomic E-state index is 11.0. The Morgan fingerprint density at radius 3 is 2.59 bits per heavy atom. The molecule has 0 saturated carbocycles. The van der Waals surface area contributed by atoms with E-state index in [1.165, 1.54) is 0 Å². The number of rotatable bonds is 6. The highest BCUT2D eigenvalue weighted by Crippen LogP contribution is 2.25. The van der Waals surface area contributed by atoms with Gasteiger partial charge < -0.3 is 9.84 Å². The molecule has 0 radical (unpaired) electrons. The molecule has 1 aromatic rings. The summed E-state index contributed by atoms with van der Waals surface area (Å²) in [7, 11) is 0. The Kier molecular flexibility index (Phi) is 5.48. The summed E-state index contributed by atoms with van der Waals surface area (Å²) in [5.74, 6) is -0.228. The Bertz CT molecular complexity index is 377. The molecule has 4 heteroatoms. The highest BCUT2D eigenvalue weighted by molar-refractivity contribution is 9.10. The highest BCUT2D eigenvalue weighted by Gasteiger charge is 2.20. The van der Waals surface area contributed by atoms with Gasteiger partial charge in [0.25, 0.3) is 0 Å². The van der Waals surface area contributed by atoms with E-state index in [1.807, 2.05) is 38.1 Å². The Morgan fingerprint density at radius 1 is 1.41 bits per heavy atom. The Hall–Kier alpha value is -1.03. The molecule has 3 nitrogen and oxygen atoms in total. The number of ether oxygens (including phenoxy) is 1. The Balaban J connectivity index is 2.58. The van der Waals surface area contributed by atoms with Crippen LogP contribution in [0.4, 0.5) is 0 Å². The molecule has 0 amide bonds. The van der Waals surface area contributed by atoms with E-state index in [1.54, 1.807) is 0 Å². The van der Waals surface area contributed by atoms with Crippen LogP contribution in [0.1, 0.15) is 20.3 Å². The average molecular weight is 301 g/mol. The van der Waals surface area contributed by atoms with Gasteiger partial charge in [0.1, 0.15) is 12.4 Å². The summed E-state index contributed by atoms with van der Waals surface area (Å²) < 4.78 is 6.37. The van der Waals surface area contributed by atoms with Crippen molar-refractivity contribution in [1.82, 2.24) is 0 Å². The zero-order chi connectivity index (χ0) is 12.8. The largest absolute Gasteiger partial charge is 0.492 e. The van der Waals surface area contributed by atoms with Crippen LogP contribution in [0.15, 0.2) is 28.7 Å². The fourth-order valence-corrected chi connectivity index (χ4v) is 1.96. The molecule has 1 atom stereocenters. The molecule has 94 valence electrons. The average Bonchev–Trinajstić information content (AvgIpc) is 2.25. The number of para-hydroxylation sites is 1. The van der Waals surface area contributed by atoms with Crippen molar-refractivity contribution in [3.8, 4) is 5.75 Å². The SMILES string of the molecule is CC(C)CC(COc1ccccc1Br)C(=O)O. The molecule has 0 aliphatic carbocycles. The Morgan fingerprint density at radius 2 is 2.06 bits per heavy atom. The minimum Gasteiger partial charge on any atom is -0.492 e. The third kappa shape index (κ3) is 4.77. The van der Waals surface area contributed by atoms with E-state index in [0.717, 1.165) is 4.47 Å². The molecule has 0 aliphatic heterocycles. The molecule has 0 spiro atoms. The van der Waals surface area contributed by atoms with E-state index in [2.05, 4.69) is 15.9 Å². The van der Waals surface area contributed by atoms with E-state index >= 15 is 0 Å². The topological polar surface area (TPSA) is 46.5 Å². The lowest BCUT2D eigenvalue weighted by molar-refractivity contribution is -0.143. The van der Waals surface area contributed by atoms with Crippen LogP contribution in [0.5, 0.6) is 5.75 Å². The summed E-state index contributed by atoms with van der Waals surface area (Å²) in [6.45, 7) is 4.22. The maximum atomic E-state index is 11.0. The number of hydrogen-bond acceptors (Lipinski definition) is 2. The molecule has 0 fully saturated rings. The molecule has 1 unspecified atom stereocenters. The summed E-state index contributed by atoms with van der Waals surface area (Å²) in [6.07, 6.45) is 0.625. The van der Waals surface area contributed by atoms with Gasteiger partial charge in [-0.3, -0.25) is 4.79 Å². The lowest BCUT2D eigenvalue weighted by atomic mass is 9.98. The van der Waals surface area contributed by atoms with Gasteiger partial charge in [0.2, 0.25) is 0 Å². The Labute approximate surface area is 110 Å². The van der Waals surface area contributed by atoms with E-state index in [9.17, 15) is 4.79 Å². The minimum atomic E-state index is -0.800. The second-order valence-electron chi connectivity index (χ2n) is 4.41. The van der Waals surface area contributed by atoms with Crippen LogP contribution in [0, 0.1) is 11.8 Å². The van der Waals surface area contributed by atoms with E-state index < -0.39 is 11.9 Å². The van der Waals surface area contributed by atoms with Crippen molar-refractivity contribution < 1.29 is 14.6 Å². The molecule has 1 aromatic carbocycles.